The Bertz CT molecular complexity index is 429. The summed E-state index contributed by atoms with van der Waals surface area (Å²) in [5.74, 6) is -1.43. The Balaban J connectivity index is 2.93. The van der Waals surface area contributed by atoms with E-state index in [2.05, 4.69) is 4.74 Å². The molecule has 16 heavy (non-hydrogen) atoms. The molecule has 0 aromatic heterocycles. The fourth-order valence-electron chi connectivity index (χ4n) is 1.06. The Kier molecular flexibility index (Phi) is 4.31. The van der Waals surface area contributed by atoms with Crippen LogP contribution >= 0.6 is 11.6 Å². The zero-order valence-electron chi connectivity index (χ0n) is 8.54. The minimum absolute atomic E-state index is 0.108. The van der Waals surface area contributed by atoms with E-state index >= 15 is 0 Å². The number of esters is 1. The molecule has 3 nitrogen and oxygen atoms in total. The second kappa shape index (κ2) is 5.51. The predicted octanol–water partition coefficient (Wildman–Crippen LogP) is 2.76. The molecule has 0 unspecified atom stereocenters. The van der Waals surface area contributed by atoms with Crippen molar-refractivity contribution in [2.24, 2.45) is 0 Å². The SMILES string of the molecule is CCOC(=O)C=Cc1cc(F)cc(Cl)c1O. The molecule has 5 heteroatoms. The first-order valence-electron chi connectivity index (χ1n) is 4.57. The Hall–Kier alpha value is -1.55. The standard InChI is InChI=1S/C11H10ClFO3/c1-2-16-10(14)4-3-7-5-8(13)6-9(12)11(7)15/h3-6,15H,2H2,1H3. The maximum absolute atomic E-state index is 12.9. The van der Waals surface area contributed by atoms with Crippen molar-refractivity contribution in [2.45, 2.75) is 6.92 Å². The highest BCUT2D eigenvalue weighted by Crippen LogP contribution is 2.29. The highest BCUT2D eigenvalue weighted by molar-refractivity contribution is 6.32. The van der Waals surface area contributed by atoms with E-state index in [-0.39, 0.29) is 22.9 Å². The van der Waals surface area contributed by atoms with Crippen LogP contribution in [0.3, 0.4) is 0 Å². The number of carbonyl (C=O) groups is 1. The van der Waals surface area contributed by atoms with E-state index in [1.807, 2.05) is 0 Å². The lowest BCUT2D eigenvalue weighted by atomic mass is 10.2. The van der Waals surface area contributed by atoms with Crippen molar-refractivity contribution in [3.8, 4) is 5.75 Å². The number of benzene rings is 1. The topological polar surface area (TPSA) is 46.5 Å². The summed E-state index contributed by atoms with van der Waals surface area (Å²) >= 11 is 5.56. The van der Waals surface area contributed by atoms with E-state index in [0.717, 1.165) is 18.2 Å². The molecule has 1 rings (SSSR count). The van der Waals surface area contributed by atoms with Gasteiger partial charge in [-0.2, -0.15) is 0 Å². The van der Waals surface area contributed by atoms with E-state index in [1.54, 1.807) is 6.92 Å². The molecule has 0 saturated carbocycles. The van der Waals surface area contributed by atoms with Crippen molar-refractivity contribution in [1.29, 1.82) is 0 Å². The largest absolute Gasteiger partial charge is 0.506 e. The van der Waals surface area contributed by atoms with Gasteiger partial charge in [0.25, 0.3) is 0 Å². The third-order valence-electron chi connectivity index (χ3n) is 1.74. The highest BCUT2D eigenvalue weighted by Gasteiger charge is 2.06. The molecule has 0 fully saturated rings. The third kappa shape index (κ3) is 3.24. The second-order valence-corrected chi connectivity index (χ2v) is 3.32. The van der Waals surface area contributed by atoms with E-state index in [0.29, 0.717) is 0 Å². The fraction of sp³-hybridized carbons (Fsp3) is 0.182. The van der Waals surface area contributed by atoms with Crippen molar-refractivity contribution >= 4 is 23.6 Å². The molecule has 1 aromatic rings. The zero-order chi connectivity index (χ0) is 12.1. The average molecular weight is 245 g/mol. The van der Waals surface area contributed by atoms with Crippen LogP contribution in [0.15, 0.2) is 18.2 Å². The van der Waals surface area contributed by atoms with E-state index in [1.165, 1.54) is 6.08 Å². The molecule has 0 saturated heterocycles. The molecule has 0 aliphatic carbocycles. The van der Waals surface area contributed by atoms with Gasteiger partial charge in [0.1, 0.15) is 11.6 Å². The van der Waals surface area contributed by atoms with Gasteiger partial charge in [-0.05, 0) is 25.1 Å². The summed E-state index contributed by atoms with van der Waals surface area (Å²) in [6.07, 6.45) is 2.33. The third-order valence-corrected chi connectivity index (χ3v) is 2.03. The van der Waals surface area contributed by atoms with Crippen LogP contribution in [-0.2, 0) is 9.53 Å². The van der Waals surface area contributed by atoms with Gasteiger partial charge in [0.2, 0.25) is 0 Å². The summed E-state index contributed by atoms with van der Waals surface area (Å²) in [4.78, 5) is 11.0. The lowest BCUT2D eigenvalue weighted by molar-refractivity contribution is -0.137. The number of ether oxygens (including phenoxy) is 1. The van der Waals surface area contributed by atoms with Crippen molar-refractivity contribution in [2.75, 3.05) is 6.61 Å². The summed E-state index contributed by atoms with van der Waals surface area (Å²) < 4.78 is 17.6. The van der Waals surface area contributed by atoms with Gasteiger partial charge in [-0.15, -0.1) is 0 Å². The number of hydrogen-bond acceptors (Lipinski definition) is 3. The lowest BCUT2D eigenvalue weighted by Crippen LogP contribution is -1.98. The smallest absolute Gasteiger partial charge is 0.330 e. The molecule has 0 atom stereocenters. The van der Waals surface area contributed by atoms with Gasteiger partial charge in [-0.3, -0.25) is 0 Å². The first-order valence-corrected chi connectivity index (χ1v) is 4.95. The van der Waals surface area contributed by atoms with Gasteiger partial charge in [-0.1, -0.05) is 11.6 Å². The Morgan fingerprint density at radius 1 is 1.62 bits per heavy atom. The quantitative estimate of drug-likeness (QED) is 0.657. The second-order valence-electron chi connectivity index (χ2n) is 2.91. The molecule has 0 amide bonds. The molecule has 1 aromatic carbocycles. The monoisotopic (exact) mass is 244 g/mol. The van der Waals surface area contributed by atoms with Gasteiger partial charge >= 0.3 is 5.97 Å². The van der Waals surface area contributed by atoms with Crippen LogP contribution in [0.5, 0.6) is 5.75 Å². The van der Waals surface area contributed by atoms with Crippen molar-refractivity contribution in [1.82, 2.24) is 0 Å². The van der Waals surface area contributed by atoms with Crippen LogP contribution in [-0.4, -0.2) is 17.7 Å². The average Bonchev–Trinajstić information content (AvgIpc) is 2.21. The molecule has 0 radical (unpaired) electrons. The summed E-state index contributed by atoms with van der Waals surface area (Å²) in [5.41, 5.74) is 0.123. The molecular formula is C11H10ClFO3. The summed E-state index contributed by atoms with van der Waals surface area (Å²) in [6.45, 7) is 1.92. The molecule has 0 aliphatic rings. The molecule has 0 bridgehead atoms. The Morgan fingerprint density at radius 3 is 2.94 bits per heavy atom. The summed E-state index contributed by atoms with van der Waals surface area (Å²) in [6, 6.07) is 2.05. The van der Waals surface area contributed by atoms with Crippen LogP contribution in [0, 0.1) is 5.82 Å². The van der Waals surface area contributed by atoms with Crippen LogP contribution in [0.25, 0.3) is 6.08 Å². The lowest BCUT2D eigenvalue weighted by Gasteiger charge is -2.01. The number of carbonyl (C=O) groups excluding carboxylic acids is 1. The number of phenolic OH excluding ortho intramolecular Hbond substituents is 1. The van der Waals surface area contributed by atoms with Crippen LogP contribution in [0.1, 0.15) is 12.5 Å². The molecule has 86 valence electrons. The maximum Gasteiger partial charge on any atom is 0.330 e. The molecule has 0 heterocycles. The number of halogens is 2. The number of phenols is 1. The van der Waals surface area contributed by atoms with Gasteiger partial charge in [0.05, 0.1) is 11.6 Å². The molecule has 0 aliphatic heterocycles. The Labute approximate surface area is 97.1 Å². The van der Waals surface area contributed by atoms with E-state index < -0.39 is 11.8 Å². The minimum Gasteiger partial charge on any atom is -0.506 e. The first kappa shape index (κ1) is 12.5. The number of aromatic hydroxyl groups is 1. The van der Waals surface area contributed by atoms with Gasteiger partial charge in [0.15, 0.2) is 0 Å². The predicted molar refractivity (Wildman–Crippen MR) is 58.7 cm³/mol. The van der Waals surface area contributed by atoms with Gasteiger partial charge < -0.3 is 9.84 Å². The Morgan fingerprint density at radius 2 is 2.31 bits per heavy atom. The highest BCUT2D eigenvalue weighted by atomic mass is 35.5. The number of rotatable bonds is 3. The van der Waals surface area contributed by atoms with Gasteiger partial charge in [-0.25, -0.2) is 9.18 Å². The normalized spacial score (nSPS) is 10.7. The van der Waals surface area contributed by atoms with Crippen LogP contribution in [0.2, 0.25) is 5.02 Å². The van der Waals surface area contributed by atoms with Crippen molar-refractivity contribution in [3.05, 3.63) is 34.6 Å². The molecule has 0 spiro atoms. The van der Waals surface area contributed by atoms with Crippen molar-refractivity contribution in [3.63, 3.8) is 0 Å². The fourth-order valence-corrected chi connectivity index (χ4v) is 1.27. The first-order chi connectivity index (χ1) is 7.54. The molecular weight excluding hydrogens is 235 g/mol. The van der Waals surface area contributed by atoms with Crippen molar-refractivity contribution < 1.29 is 19.0 Å². The summed E-state index contributed by atoms with van der Waals surface area (Å²) in [7, 11) is 0. The maximum atomic E-state index is 12.9. The zero-order valence-corrected chi connectivity index (χ0v) is 9.29. The molecule has 1 N–H and O–H groups in total. The number of hydrogen-bond donors (Lipinski definition) is 1. The van der Waals surface area contributed by atoms with Gasteiger partial charge in [0, 0.05) is 11.6 Å². The van der Waals surface area contributed by atoms with Crippen LogP contribution in [0.4, 0.5) is 4.39 Å². The minimum atomic E-state index is -0.591. The van der Waals surface area contributed by atoms with Crippen LogP contribution < -0.4 is 0 Å². The summed E-state index contributed by atoms with van der Waals surface area (Å²) in [5, 5.41) is 9.35. The van der Waals surface area contributed by atoms with E-state index in [4.69, 9.17) is 11.6 Å². The van der Waals surface area contributed by atoms with E-state index in [9.17, 15) is 14.3 Å².